The molecular weight excluding hydrogens is 508 g/mol. The number of benzene rings is 5. The summed E-state index contributed by atoms with van der Waals surface area (Å²) >= 11 is 1.85. The zero-order valence-electron chi connectivity index (χ0n) is 22.1. The van der Waals surface area contributed by atoms with Crippen molar-refractivity contribution in [2.75, 3.05) is 0 Å². The van der Waals surface area contributed by atoms with Gasteiger partial charge in [0.25, 0.3) is 0 Å². The van der Waals surface area contributed by atoms with Crippen molar-refractivity contribution in [1.29, 1.82) is 0 Å². The lowest BCUT2D eigenvalue weighted by Gasteiger charge is -2.11. The molecule has 190 valence electrons. The summed E-state index contributed by atoms with van der Waals surface area (Å²) in [4.78, 5) is 15.1. The van der Waals surface area contributed by atoms with Gasteiger partial charge in [0.05, 0.1) is 11.0 Å². The number of rotatable bonds is 3. The average molecular weight is 533 g/mol. The lowest BCUT2D eigenvalue weighted by Crippen LogP contribution is -2.06. The van der Waals surface area contributed by atoms with Gasteiger partial charge in [0.15, 0.2) is 11.6 Å². The summed E-state index contributed by atoms with van der Waals surface area (Å²) in [6.07, 6.45) is 0. The van der Waals surface area contributed by atoms with Crippen LogP contribution in [0.15, 0.2) is 109 Å². The molecule has 40 heavy (non-hydrogen) atoms. The van der Waals surface area contributed by atoms with Gasteiger partial charge >= 0.3 is 0 Å². The molecule has 0 atom stereocenters. The molecule has 3 heterocycles. The molecule has 3 aromatic heterocycles. The summed E-state index contributed by atoms with van der Waals surface area (Å²) in [7, 11) is 0. The van der Waals surface area contributed by atoms with Gasteiger partial charge in [-0.1, -0.05) is 83.9 Å². The number of hydrogen-bond acceptors (Lipinski definition) is 4. The van der Waals surface area contributed by atoms with E-state index in [1.165, 1.54) is 42.1 Å². The molecule has 0 fully saturated rings. The second-order valence-electron chi connectivity index (χ2n) is 10.3. The molecule has 5 aromatic carbocycles. The summed E-state index contributed by atoms with van der Waals surface area (Å²) in [5.41, 5.74) is 6.59. The van der Waals surface area contributed by atoms with Gasteiger partial charge in [-0.05, 0) is 50.2 Å². The van der Waals surface area contributed by atoms with Crippen LogP contribution in [0.3, 0.4) is 0 Å². The lowest BCUT2D eigenvalue weighted by atomic mass is 10.1. The molecule has 0 saturated heterocycles. The second-order valence-corrected chi connectivity index (χ2v) is 11.4. The molecule has 8 aromatic rings. The molecule has 0 amide bonds. The van der Waals surface area contributed by atoms with Crippen molar-refractivity contribution in [1.82, 2.24) is 19.5 Å². The maximum Gasteiger partial charge on any atom is 0.238 e. The smallest absolute Gasteiger partial charge is 0.238 e. The van der Waals surface area contributed by atoms with Gasteiger partial charge in [-0.25, -0.2) is 4.98 Å². The van der Waals surface area contributed by atoms with E-state index in [9.17, 15) is 0 Å². The Morgan fingerprint density at radius 2 is 1.07 bits per heavy atom. The highest BCUT2D eigenvalue weighted by atomic mass is 32.1. The molecule has 0 N–H and O–H groups in total. The first kappa shape index (κ1) is 23.1. The largest absolute Gasteiger partial charge is 0.278 e. The number of fused-ring (bicyclic) bond motifs is 6. The minimum absolute atomic E-state index is 0.617. The summed E-state index contributed by atoms with van der Waals surface area (Å²) in [6, 6.07) is 38.3. The minimum Gasteiger partial charge on any atom is -0.278 e. The van der Waals surface area contributed by atoms with E-state index in [0.29, 0.717) is 17.6 Å². The fraction of sp³-hybridized carbons (Fsp3) is 0.0571. The molecule has 4 nitrogen and oxygen atoms in total. The average Bonchev–Trinajstić information content (AvgIpc) is 3.50. The van der Waals surface area contributed by atoms with Crippen LogP contribution >= 0.6 is 11.3 Å². The minimum atomic E-state index is 0.617. The molecular formula is C35H24N4S. The molecule has 0 bridgehead atoms. The van der Waals surface area contributed by atoms with Gasteiger partial charge < -0.3 is 0 Å². The van der Waals surface area contributed by atoms with Crippen molar-refractivity contribution in [3.05, 3.63) is 120 Å². The van der Waals surface area contributed by atoms with Gasteiger partial charge in [0, 0.05) is 42.1 Å². The number of hydrogen-bond donors (Lipinski definition) is 0. The summed E-state index contributed by atoms with van der Waals surface area (Å²) in [5, 5.41) is 4.96. The topological polar surface area (TPSA) is 43.6 Å². The maximum absolute atomic E-state index is 5.08. The molecule has 5 heteroatoms. The zero-order valence-corrected chi connectivity index (χ0v) is 22.9. The number of aryl methyl sites for hydroxylation is 2. The Morgan fingerprint density at radius 1 is 0.500 bits per heavy atom. The van der Waals surface area contributed by atoms with Crippen LogP contribution in [0.1, 0.15) is 11.1 Å². The van der Waals surface area contributed by atoms with E-state index in [-0.39, 0.29) is 0 Å². The summed E-state index contributed by atoms with van der Waals surface area (Å²) in [5.74, 6) is 1.93. The first-order valence-electron chi connectivity index (χ1n) is 13.4. The van der Waals surface area contributed by atoms with Crippen molar-refractivity contribution in [2.24, 2.45) is 0 Å². The Bertz CT molecular complexity index is 2170. The van der Waals surface area contributed by atoms with Crippen molar-refractivity contribution in [3.8, 4) is 28.7 Å². The SMILES string of the molecule is Cc1ccc2sc3cc4c5cc(C)ccc5n(-c5nc(-c6ccccc6)nc(-c6ccccc6)n5)c4cc3c2c1. The van der Waals surface area contributed by atoms with Gasteiger partial charge in [-0.15, -0.1) is 11.3 Å². The van der Waals surface area contributed by atoms with E-state index in [1.807, 2.05) is 72.0 Å². The molecule has 0 aliphatic carbocycles. The van der Waals surface area contributed by atoms with Crippen LogP contribution in [0, 0.1) is 13.8 Å². The highest BCUT2D eigenvalue weighted by Crippen LogP contribution is 2.41. The van der Waals surface area contributed by atoms with Gasteiger partial charge in [0.2, 0.25) is 5.95 Å². The van der Waals surface area contributed by atoms with Crippen LogP contribution in [0.25, 0.3) is 70.7 Å². The van der Waals surface area contributed by atoms with Crippen LogP contribution in [-0.2, 0) is 0 Å². The Balaban J connectivity index is 1.50. The Hall–Kier alpha value is -4.87. The van der Waals surface area contributed by atoms with Crippen molar-refractivity contribution in [2.45, 2.75) is 13.8 Å². The Morgan fingerprint density at radius 3 is 1.75 bits per heavy atom. The number of aromatic nitrogens is 4. The molecule has 0 unspecified atom stereocenters. The number of nitrogens with zero attached hydrogens (tertiary/aromatic N) is 4. The molecule has 0 spiro atoms. The first-order valence-corrected chi connectivity index (χ1v) is 14.2. The van der Waals surface area contributed by atoms with E-state index in [2.05, 4.69) is 66.9 Å². The van der Waals surface area contributed by atoms with Crippen LogP contribution in [0.4, 0.5) is 0 Å². The fourth-order valence-corrected chi connectivity index (χ4v) is 6.74. The van der Waals surface area contributed by atoms with Crippen molar-refractivity contribution >= 4 is 53.3 Å². The highest BCUT2D eigenvalue weighted by Gasteiger charge is 2.19. The van der Waals surface area contributed by atoms with E-state index in [4.69, 9.17) is 15.0 Å². The van der Waals surface area contributed by atoms with Crippen molar-refractivity contribution < 1.29 is 0 Å². The van der Waals surface area contributed by atoms with Gasteiger partial charge in [-0.3, -0.25) is 4.57 Å². The lowest BCUT2D eigenvalue weighted by molar-refractivity contribution is 0.954. The molecule has 0 radical (unpaired) electrons. The van der Waals surface area contributed by atoms with Crippen molar-refractivity contribution in [3.63, 3.8) is 0 Å². The Kier molecular flexibility index (Phi) is 5.09. The third-order valence-corrected chi connectivity index (χ3v) is 8.69. The normalized spacial score (nSPS) is 11.8. The first-order chi connectivity index (χ1) is 19.6. The molecule has 0 aliphatic rings. The molecule has 8 rings (SSSR count). The monoisotopic (exact) mass is 532 g/mol. The quantitative estimate of drug-likeness (QED) is 0.228. The summed E-state index contributed by atoms with van der Waals surface area (Å²) < 4.78 is 4.81. The standard InChI is InChI=1S/C35H24N4S/c1-21-13-15-29-25(17-21)26-20-32-28(27-18-22(2)14-16-31(27)40-32)19-30(26)39(29)35-37-33(23-9-5-3-6-10-23)36-34(38-35)24-11-7-4-8-12-24/h3-20H,1-2H3. The predicted molar refractivity (Wildman–Crippen MR) is 167 cm³/mol. The molecule has 0 saturated carbocycles. The van der Waals surface area contributed by atoms with E-state index in [1.54, 1.807) is 0 Å². The van der Waals surface area contributed by atoms with Crippen LogP contribution < -0.4 is 0 Å². The molecule has 0 aliphatic heterocycles. The number of thiophene rings is 1. The summed E-state index contributed by atoms with van der Waals surface area (Å²) in [6.45, 7) is 4.30. The predicted octanol–water partition coefficient (Wildman–Crippen LogP) is 9.29. The van der Waals surface area contributed by atoms with Crippen LogP contribution in [0.2, 0.25) is 0 Å². The van der Waals surface area contributed by atoms with E-state index < -0.39 is 0 Å². The van der Waals surface area contributed by atoms with E-state index in [0.717, 1.165) is 22.2 Å². The van der Waals surface area contributed by atoms with Gasteiger partial charge in [-0.2, -0.15) is 9.97 Å². The second kappa shape index (κ2) is 8.83. The Labute approximate surface area is 235 Å². The third-order valence-electron chi connectivity index (χ3n) is 7.55. The van der Waals surface area contributed by atoms with E-state index >= 15 is 0 Å². The fourth-order valence-electron chi connectivity index (χ4n) is 5.63. The highest BCUT2D eigenvalue weighted by molar-refractivity contribution is 7.25. The van der Waals surface area contributed by atoms with Crippen LogP contribution in [0.5, 0.6) is 0 Å². The van der Waals surface area contributed by atoms with Crippen LogP contribution in [-0.4, -0.2) is 19.5 Å². The zero-order chi connectivity index (χ0) is 26.8. The third kappa shape index (κ3) is 3.63. The van der Waals surface area contributed by atoms with Gasteiger partial charge in [0.1, 0.15) is 0 Å². The maximum atomic E-state index is 5.08.